The second-order valence-electron chi connectivity index (χ2n) is 8.58. The van der Waals surface area contributed by atoms with E-state index in [1.54, 1.807) is 19.9 Å². The van der Waals surface area contributed by atoms with Gasteiger partial charge in [0, 0.05) is 18.1 Å². The Labute approximate surface area is 207 Å². The van der Waals surface area contributed by atoms with Gasteiger partial charge in [0.15, 0.2) is 0 Å². The Morgan fingerprint density at radius 1 is 1.06 bits per heavy atom. The van der Waals surface area contributed by atoms with Crippen LogP contribution in [-0.4, -0.2) is 29.9 Å². The van der Waals surface area contributed by atoms with Crippen molar-refractivity contribution in [1.82, 2.24) is 0 Å². The molecule has 0 radical (unpaired) electrons. The summed E-state index contributed by atoms with van der Waals surface area (Å²) >= 11 is 1.35. The molecule has 34 heavy (non-hydrogen) atoms. The molecule has 0 saturated carbocycles. The summed E-state index contributed by atoms with van der Waals surface area (Å²) in [4.78, 5) is 16.5. The molecule has 1 heterocycles. The summed E-state index contributed by atoms with van der Waals surface area (Å²) in [6.07, 6.45) is 1.82. The largest absolute Gasteiger partial charge is 0.507 e. The zero-order chi connectivity index (χ0) is 25.0. The molecule has 0 spiro atoms. The molecular formula is C26H32NO5PS. The molecule has 0 aliphatic carbocycles. The van der Waals surface area contributed by atoms with Crippen molar-refractivity contribution in [3.05, 3.63) is 58.0 Å². The van der Waals surface area contributed by atoms with Crippen molar-refractivity contribution in [1.29, 1.82) is 0 Å². The molecule has 1 amide bonds. The van der Waals surface area contributed by atoms with Gasteiger partial charge >= 0.3 is 5.65 Å². The molecule has 182 valence electrons. The zero-order valence-electron chi connectivity index (χ0n) is 20.5. The average Bonchev–Trinajstić information content (AvgIpc) is 2.80. The lowest BCUT2D eigenvalue weighted by atomic mass is 9.91. The summed E-state index contributed by atoms with van der Waals surface area (Å²) in [5, 5.41) is 10.8. The van der Waals surface area contributed by atoms with Gasteiger partial charge in [-0.15, -0.1) is 0 Å². The molecule has 0 aromatic heterocycles. The number of thioether (sulfide) groups is 1. The Morgan fingerprint density at radius 2 is 1.62 bits per heavy atom. The Bertz CT molecular complexity index is 1060. The summed E-state index contributed by atoms with van der Waals surface area (Å²) < 4.78 is 24.0. The predicted octanol–water partition coefficient (Wildman–Crippen LogP) is 7.09. The van der Waals surface area contributed by atoms with Gasteiger partial charge in [-0.05, 0) is 72.7 Å². The number of carbonyl (C=O) groups excluding carboxylic acids is 1. The fourth-order valence-corrected chi connectivity index (χ4v) is 5.61. The van der Waals surface area contributed by atoms with Crippen LogP contribution in [0.3, 0.4) is 0 Å². The number of benzene rings is 2. The number of rotatable bonds is 9. The van der Waals surface area contributed by atoms with Gasteiger partial charge in [0.25, 0.3) is 5.91 Å². The number of carbonyl (C=O) groups is 1. The highest BCUT2D eigenvalue weighted by molar-refractivity contribution is 8.04. The number of phenolic OH excluding ortho intramolecular Hbond substituents is 1. The molecule has 0 unspecified atom stereocenters. The van der Waals surface area contributed by atoms with E-state index in [1.807, 2.05) is 64.1 Å². The standard InChI is InChI=1S/C26H32NO5PS/c1-7-31-26(33-30,32-8-2)27-21-11-9-10-12-22(21)34-23(25(27)29)15-18-13-19(16(3)4)24(28)20(14-18)17(5)6/h9-17,28H,7-8H2,1-6H3. The fraction of sp³-hybridized carbons (Fsp3) is 0.423. The van der Waals surface area contributed by atoms with E-state index in [4.69, 9.17) is 9.47 Å². The first kappa shape index (κ1) is 26.4. The van der Waals surface area contributed by atoms with Crippen molar-refractivity contribution >= 4 is 37.9 Å². The van der Waals surface area contributed by atoms with E-state index in [-0.39, 0.29) is 31.0 Å². The van der Waals surface area contributed by atoms with Gasteiger partial charge in [-0.2, -0.15) is 0 Å². The van der Waals surface area contributed by atoms with Gasteiger partial charge in [-0.1, -0.05) is 51.6 Å². The van der Waals surface area contributed by atoms with Crippen molar-refractivity contribution in [2.24, 2.45) is 0 Å². The second kappa shape index (κ2) is 11.0. The van der Waals surface area contributed by atoms with Gasteiger partial charge in [-0.3, -0.25) is 9.36 Å². The highest BCUT2D eigenvalue weighted by atomic mass is 32.2. The normalized spacial score (nSPS) is 15.6. The lowest BCUT2D eigenvalue weighted by Gasteiger charge is -2.40. The second-order valence-corrected chi connectivity index (χ2v) is 10.4. The average molecular weight is 502 g/mol. The molecule has 8 heteroatoms. The van der Waals surface area contributed by atoms with Crippen LogP contribution in [0.25, 0.3) is 6.08 Å². The number of amides is 1. The highest BCUT2D eigenvalue weighted by Crippen LogP contribution is 2.48. The Kier molecular flexibility index (Phi) is 8.58. The van der Waals surface area contributed by atoms with Crippen LogP contribution >= 0.6 is 20.2 Å². The van der Waals surface area contributed by atoms with Crippen LogP contribution < -0.4 is 4.90 Å². The summed E-state index contributed by atoms with van der Waals surface area (Å²) in [6.45, 7) is 12.1. The molecule has 2 aromatic rings. The zero-order valence-corrected chi connectivity index (χ0v) is 22.2. The maximum atomic E-state index is 13.8. The Balaban J connectivity index is 2.20. The Morgan fingerprint density at radius 3 is 2.12 bits per heavy atom. The molecule has 3 rings (SSSR count). The van der Waals surface area contributed by atoms with E-state index < -0.39 is 14.1 Å². The number of phenols is 1. The molecule has 0 fully saturated rings. The third-order valence-electron chi connectivity index (χ3n) is 5.54. The number of hydrogen-bond donors (Lipinski definition) is 1. The van der Waals surface area contributed by atoms with Crippen LogP contribution in [0, 0.1) is 0 Å². The molecule has 0 saturated heterocycles. The third kappa shape index (κ3) is 5.08. The number of nitrogens with zero attached hydrogens (tertiary/aromatic N) is 1. The first-order chi connectivity index (χ1) is 16.2. The third-order valence-corrected chi connectivity index (χ3v) is 7.30. The van der Waals surface area contributed by atoms with Crippen LogP contribution in [-0.2, 0) is 18.8 Å². The van der Waals surface area contributed by atoms with Gasteiger partial charge in [0.1, 0.15) is 5.75 Å². The maximum absolute atomic E-state index is 13.8. The van der Waals surface area contributed by atoms with E-state index in [1.165, 1.54) is 16.7 Å². The highest BCUT2D eigenvalue weighted by Gasteiger charge is 2.48. The monoisotopic (exact) mass is 501 g/mol. The molecule has 6 nitrogen and oxygen atoms in total. The van der Waals surface area contributed by atoms with Crippen LogP contribution in [0.5, 0.6) is 5.75 Å². The van der Waals surface area contributed by atoms with E-state index in [0.29, 0.717) is 16.3 Å². The predicted molar refractivity (Wildman–Crippen MR) is 138 cm³/mol. The molecule has 1 aliphatic heterocycles. The first-order valence-corrected chi connectivity index (χ1v) is 13.1. The van der Waals surface area contributed by atoms with Gasteiger partial charge < -0.3 is 14.6 Å². The topological polar surface area (TPSA) is 76.1 Å². The fourth-order valence-electron chi connectivity index (χ4n) is 3.94. The molecule has 1 N–H and O–H groups in total. The van der Waals surface area contributed by atoms with E-state index in [9.17, 15) is 14.5 Å². The minimum atomic E-state index is -1.77. The summed E-state index contributed by atoms with van der Waals surface area (Å²) in [6, 6.07) is 11.3. The first-order valence-electron chi connectivity index (χ1n) is 11.5. The number of fused-ring (bicyclic) bond motifs is 1. The number of anilines is 1. The molecule has 0 bridgehead atoms. The van der Waals surface area contributed by atoms with Crippen molar-refractivity contribution in [3.63, 3.8) is 0 Å². The van der Waals surface area contributed by atoms with Crippen LogP contribution in [0.2, 0.25) is 0 Å². The number of aromatic hydroxyl groups is 1. The van der Waals surface area contributed by atoms with Crippen molar-refractivity contribution in [2.45, 2.75) is 63.9 Å². The smallest absolute Gasteiger partial charge is 0.343 e. The van der Waals surface area contributed by atoms with Crippen LogP contribution in [0.1, 0.15) is 70.1 Å². The lowest BCUT2D eigenvalue weighted by Crippen LogP contribution is -2.53. The summed E-state index contributed by atoms with van der Waals surface area (Å²) in [5.74, 6) is 0.175. The summed E-state index contributed by atoms with van der Waals surface area (Å²) in [7, 11) is -0.474. The van der Waals surface area contributed by atoms with Gasteiger partial charge in [-0.25, -0.2) is 4.90 Å². The number of ether oxygens (including phenoxy) is 2. The Hall–Kier alpha value is -2.18. The van der Waals surface area contributed by atoms with Crippen LogP contribution in [0.4, 0.5) is 5.69 Å². The van der Waals surface area contributed by atoms with Crippen molar-refractivity contribution in [2.75, 3.05) is 18.1 Å². The van der Waals surface area contributed by atoms with E-state index in [0.717, 1.165) is 21.6 Å². The van der Waals surface area contributed by atoms with Crippen molar-refractivity contribution in [3.8, 4) is 5.75 Å². The van der Waals surface area contributed by atoms with Crippen molar-refractivity contribution < 1.29 is 23.9 Å². The molecule has 2 aromatic carbocycles. The van der Waals surface area contributed by atoms with Crippen LogP contribution in [0.15, 0.2) is 46.2 Å². The summed E-state index contributed by atoms with van der Waals surface area (Å²) in [5.41, 5.74) is 1.30. The maximum Gasteiger partial charge on any atom is 0.343 e. The van der Waals surface area contributed by atoms with E-state index in [2.05, 4.69) is 0 Å². The number of hydrogen-bond acceptors (Lipinski definition) is 6. The minimum absolute atomic E-state index is 0.116. The molecule has 1 aliphatic rings. The van der Waals surface area contributed by atoms with Gasteiger partial charge in [0.2, 0.25) is 8.46 Å². The SMILES string of the molecule is CCOC(OCC)(P=O)N1C(=O)C(=Cc2cc(C(C)C)c(O)c(C(C)C)c2)Sc2ccccc21. The molecule has 0 atom stereocenters. The molecular weight excluding hydrogens is 469 g/mol. The number of para-hydroxylation sites is 1. The minimum Gasteiger partial charge on any atom is -0.507 e. The van der Waals surface area contributed by atoms with Gasteiger partial charge in [0.05, 0.1) is 10.6 Å². The quantitative estimate of drug-likeness (QED) is 0.224. The lowest BCUT2D eigenvalue weighted by molar-refractivity contribution is -0.173. The van der Waals surface area contributed by atoms with E-state index >= 15 is 0 Å².